The van der Waals surface area contributed by atoms with Crippen LogP contribution in [-0.4, -0.2) is 36.2 Å². The number of ether oxygens (including phenoxy) is 2. The Morgan fingerprint density at radius 3 is 2.71 bits per heavy atom. The molecule has 0 bridgehead atoms. The zero-order valence-electron chi connectivity index (χ0n) is 13.4. The van der Waals surface area contributed by atoms with E-state index in [9.17, 15) is 14.4 Å². The lowest BCUT2D eigenvalue weighted by Gasteiger charge is -2.34. The number of rotatable bonds is 5. The number of amides is 2. The molecule has 24 heavy (non-hydrogen) atoms. The number of hydrogen-bond acceptors (Lipinski definition) is 6. The van der Waals surface area contributed by atoms with Gasteiger partial charge in [-0.15, -0.1) is 5.06 Å². The van der Waals surface area contributed by atoms with Crippen LogP contribution in [0.15, 0.2) is 43.0 Å². The molecule has 128 valence electrons. The van der Waals surface area contributed by atoms with E-state index < -0.39 is 23.4 Å². The first-order valence-corrected chi connectivity index (χ1v) is 7.45. The molecule has 0 aliphatic carbocycles. The highest BCUT2D eigenvalue weighted by Gasteiger charge is 2.50. The first-order chi connectivity index (χ1) is 11.5. The minimum Gasteiger partial charge on any atom is -0.461 e. The Morgan fingerprint density at radius 1 is 1.33 bits per heavy atom. The summed E-state index contributed by atoms with van der Waals surface area (Å²) in [5.41, 5.74) is -0.726. The van der Waals surface area contributed by atoms with Gasteiger partial charge in [-0.2, -0.15) is 0 Å². The molecular formula is C17H19NO6. The van der Waals surface area contributed by atoms with Crippen molar-refractivity contribution in [2.24, 2.45) is 5.41 Å². The van der Waals surface area contributed by atoms with Gasteiger partial charge in [-0.25, -0.2) is 4.79 Å². The zero-order chi connectivity index (χ0) is 17.6. The Kier molecular flexibility index (Phi) is 5.70. The molecular weight excluding hydrogens is 314 g/mol. The van der Waals surface area contributed by atoms with Crippen LogP contribution >= 0.6 is 0 Å². The molecule has 1 aliphatic heterocycles. The zero-order valence-corrected chi connectivity index (χ0v) is 13.4. The molecule has 2 rings (SSSR count). The van der Waals surface area contributed by atoms with Crippen molar-refractivity contribution in [3.63, 3.8) is 0 Å². The van der Waals surface area contributed by atoms with Crippen LogP contribution in [0, 0.1) is 5.41 Å². The molecule has 7 nitrogen and oxygen atoms in total. The van der Waals surface area contributed by atoms with Gasteiger partial charge in [0.05, 0.1) is 6.61 Å². The summed E-state index contributed by atoms with van der Waals surface area (Å²) in [4.78, 5) is 41.8. The standard InChI is InChI=1S/C17H19NO6/c1-3-10-22-15(20)17(2)9-11-24-18(14(17)19)16(21)23-12-13-7-5-4-6-8-13/h3-8H,1,9-12H2,2H3. The highest BCUT2D eigenvalue weighted by Crippen LogP contribution is 2.31. The van der Waals surface area contributed by atoms with Crippen LogP contribution in [0.25, 0.3) is 0 Å². The summed E-state index contributed by atoms with van der Waals surface area (Å²) >= 11 is 0. The molecule has 0 radical (unpaired) electrons. The summed E-state index contributed by atoms with van der Waals surface area (Å²) < 4.78 is 10.0. The van der Waals surface area contributed by atoms with Crippen LogP contribution in [0.5, 0.6) is 0 Å². The summed E-state index contributed by atoms with van der Waals surface area (Å²) in [5, 5.41) is 0.488. The molecule has 1 unspecified atom stereocenters. The summed E-state index contributed by atoms with van der Waals surface area (Å²) in [6.45, 7) is 4.86. The predicted molar refractivity (Wildman–Crippen MR) is 83.3 cm³/mol. The van der Waals surface area contributed by atoms with E-state index in [1.165, 1.54) is 13.0 Å². The third kappa shape index (κ3) is 3.80. The van der Waals surface area contributed by atoms with Crippen LogP contribution < -0.4 is 0 Å². The lowest BCUT2D eigenvalue weighted by Crippen LogP contribution is -2.54. The van der Waals surface area contributed by atoms with Crippen LogP contribution in [0.3, 0.4) is 0 Å². The van der Waals surface area contributed by atoms with Gasteiger partial charge in [0.15, 0.2) is 0 Å². The second kappa shape index (κ2) is 7.74. The summed E-state index contributed by atoms with van der Waals surface area (Å²) in [5.74, 6) is -1.53. The van der Waals surface area contributed by atoms with Crippen LogP contribution in [0.1, 0.15) is 18.9 Å². The Balaban J connectivity index is 2.01. The minimum atomic E-state index is -1.49. The quantitative estimate of drug-likeness (QED) is 0.467. The average Bonchev–Trinajstić information content (AvgIpc) is 2.60. The third-order valence-electron chi connectivity index (χ3n) is 3.63. The maximum Gasteiger partial charge on any atom is 0.441 e. The van der Waals surface area contributed by atoms with Gasteiger partial charge in [-0.1, -0.05) is 43.0 Å². The highest BCUT2D eigenvalue weighted by atomic mass is 16.7. The van der Waals surface area contributed by atoms with E-state index in [1.807, 2.05) is 6.07 Å². The van der Waals surface area contributed by atoms with Crippen molar-refractivity contribution in [2.45, 2.75) is 20.0 Å². The first kappa shape index (κ1) is 17.7. The number of carbonyl (C=O) groups is 3. The van der Waals surface area contributed by atoms with Gasteiger partial charge in [-0.05, 0) is 18.9 Å². The van der Waals surface area contributed by atoms with Gasteiger partial charge in [0, 0.05) is 0 Å². The van der Waals surface area contributed by atoms with E-state index in [0.29, 0.717) is 5.06 Å². The fourth-order valence-electron chi connectivity index (χ4n) is 2.13. The fourth-order valence-corrected chi connectivity index (χ4v) is 2.13. The van der Waals surface area contributed by atoms with Crippen LogP contribution in [0.4, 0.5) is 4.79 Å². The fraction of sp³-hybridized carbons (Fsp3) is 0.353. The monoisotopic (exact) mass is 333 g/mol. The maximum absolute atomic E-state index is 12.5. The van der Waals surface area contributed by atoms with Gasteiger partial charge < -0.3 is 9.47 Å². The second-order valence-electron chi connectivity index (χ2n) is 5.44. The molecule has 1 aromatic rings. The summed E-state index contributed by atoms with van der Waals surface area (Å²) in [7, 11) is 0. The Hall–Kier alpha value is -2.67. The molecule has 1 fully saturated rings. The summed E-state index contributed by atoms with van der Waals surface area (Å²) in [6, 6.07) is 9.01. The normalized spacial score (nSPS) is 20.4. The van der Waals surface area contributed by atoms with Crippen LogP contribution in [0.2, 0.25) is 0 Å². The van der Waals surface area contributed by atoms with Crippen molar-refractivity contribution in [3.8, 4) is 0 Å². The van der Waals surface area contributed by atoms with Gasteiger partial charge in [-0.3, -0.25) is 14.4 Å². The molecule has 0 N–H and O–H groups in total. The highest BCUT2D eigenvalue weighted by molar-refractivity contribution is 6.06. The largest absolute Gasteiger partial charge is 0.461 e. The van der Waals surface area contributed by atoms with Crippen molar-refractivity contribution in [1.29, 1.82) is 0 Å². The molecule has 0 aromatic heterocycles. The number of benzene rings is 1. The molecule has 1 saturated heterocycles. The van der Waals surface area contributed by atoms with E-state index in [1.54, 1.807) is 24.3 Å². The van der Waals surface area contributed by atoms with Crippen molar-refractivity contribution in [2.75, 3.05) is 13.2 Å². The van der Waals surface area contributed by atoms with Crippen molar-refractivity contribution >= 4 is 18.0 Å². The van der Waals surface area contributed by atoms with Crippen molar-refractivity contribution in [1.82, 2.24) is 5.06 Å². The van der Waals surface area contributed by atoms with Crippen molar-refractivity contribution < 1.29 is 28.7 Å². The molecule has 7 heteroatoms. The second-order valence-corrected chi connectivity index (χ2v) is 5.44. The first-order valence-electron chi connectivity index (χ1n) is 7.45. The maximum atomic E-state index is 12.5. The predicted octanol–water partition coefficient (Wildman–Crippen LogP) is 2.22. The SMILES string of the molecule is C=CCOC(=O)C1(C)CCON(C(=O)OCc2ccccc2)C1=O. The van der Waals surface area contributed by atoms with E-state index in [0.717, 1.165) is 5.56 Å². The van der Waals surface area contributed by atoms with Gasteiger partial charge in [0.25, 0.3) is 5.91 Å². The number of carbonyl (C=O) groups excluding carboxylic acids is 3. The van der Waals surface area contributed by atoms with Crippen molar-refractivity contribution in [3.05, 3.63) is 48.6 Å². The number of imide groups is 1. The van der Waals surface area contributed by atoms with Crippen LogP contribution in [-0.2, 0) is 30.5 Å². The molecule has 1 aromatic carbocycles. The Labute approximate surface area is 139 Å². The lowest BCUT2D eigenvalue weighted by molar-refractivity contribution is -0.208. The molecule has 0 saturated carbocycles. The average molecular weight is 333 g/mol. The number of hydroxylamine groups is 2. The minimum absolute atomic E-state index is 0.00949. The topological polar surface area (TPSA) is 82.1 Å². The van der Waals surface area contributed by atoms with Gasteiger partial charge in [0.2, 0.25) is 0 Å². The Bertz CT molecular complexity index is 629. The third-order valence-corrected chi connectivity index (χ3v) is 3.63. The van der Waals surface area contributed by atoms with Gasteiger partial charge >= 0.3 is 12.1 Å². The molecule has 1 aliphatic rings. The lowest BCUT2D eigenvalue weighted by atomic mass is 9.85. The molecule has 1 heterocycles. The molecule has 1 atom stereocenters. The van der Waals surface area contributed by atoms with E-state index in [-0.39, 0.29) is 26.2 Å². The number of hydrogen-bond donors (Lipinski definition) is 0. The van der Waals surface area contributed by atoms with E-state index in [4.69, 9.17) is 14.3 Å². The molecule has 0 spiro atoms. The van der Waals surface area contributed by atoms with E-state index in [2.05, 4.69) is 6.58 Å². The van der Waals surface area contributed by atoms with E-state index >= 15 is 0 Å². The Morgan fingerprint density at radius 2 is 2.04 bits per heavy atom. The number of esters is 1. The smallest absolute Gasteiger partial charge is 0.441 e. The van der Waals surface area contributed by atoms with Gasteiger partial charge in [0.1, 0.15) is 18.6 Å². The number of nitrogens with zero attached hydrogens (tertiary/aromatic N) is 1. The molecule has 2 amide bonds. The summed E-state index contributed by atoms with van der Waals surface area (Å²) in [6.07, 6.45) is 0.549.